The predicted octanol–water partition coefficient (Wildman–Crippen LogP) is 6.14. The molecule has 3 aliphatic heterocycles. The fourth-order valence-corrected chi connectivity index (χ4v) is 13.1. The number of nitrogens with two attached hydrogens (primary N) is 2. The maximum atomic E-state index is 14.8. The topological polar surface area (TPSA) is 273 Å². The van der Waals surface area contributed by atoms with Crippen molar-refractivity contribution in [2.75, 3.05) is 49.4 Å². The van der Waals surface area contributed by atoms with Crippen molar-refractivity contribution < 1.29 is 45.7 Å². The number of nitrogens with zero attached hydrogens (tertiary/aromatic N) is 10. The molecule has 0 amide bonds. The van der Waals surface area contributed by atoms with E-state index in [1.54, 1.807) is 21.5 Å². The van der Waals surface area contributed by atoms with E-state index in [1.807, 2.05) is 36.4 Å². The summed E-state index contributed by atoms with van der Waals surface area (Å²) in [6.07, 6.45) is 3.73. The molecule has 4 N–H and O–H groups in total. The Kier molecular flexibility index (Phi) is 13.9. The van der Waals surface area contributed by atoms with Crippen LogP contribution in [0.5, 0.6) is 0 Å². The van der Waals surface area contributed by atoms with Crippen LogP contribution in [0.4, 0.5) is 11.6 Å². The Morgan fingerprint density at radius 3 is 1.53 bits per heavy atom. The molecular formula is C34H38N12O10P2S4. The first kappa shape index (κ1) is 43.8. The summed E-state index contributed by atoms with van der Waals surface area (Å²) in [5, 5.41) is 1.61. The Hall–Kier alpha value is -3.46. The molecule has 22 nitrogen and oxygen atoms in total. The van der Waals surface area contributed by atoms with Crippen molar-refractivity contribution >= 4 is 92.8 Å². The third-order valence-corrected chi connectivity index (χ3v) is 16.9. The predicted molar refractivity (Wildman–Crippen MR) is 230 cm³/mol. The second kappa shape index (κ2) is 19.7. The Morgan fingerprint density at radius 1 is 0.629 bits per heavy atom. The molecule has 0 bridgehead atoms. The molecule has 6 aromatic heterocycles. The van der Waals surface area contributed by atoms with Gasteiger partial charge in [-0.3, -0.25) is 36.3 Å². The van der Waals surface area contributed by atoms with Crippen molar-refractivity contribution in [1.82, 2.24) is 49.0 Å². The van der Waals surface area contributed by atoms with E-state index in [4.69, 9.17) is 48.1 Å². The summed E-state index contributed by atoms with van der Waals surface area (Å²) in [7, 11) is -3.02. The molecule has 3 unspecified atom stereocenters. The molecule has 62 heavy (non-hydrogen) atoms. The Labute approximate surface area is 369 Å². The van der Waals surface area contributed by atoms with E-state index in [9.17, 15) is 9.13 Å². The van der Waals surface area contributed by atoms with Crippen LogP contribution in [0.25, 0.3) is 22.3 Å². The largest absolute Gasteiger partial charge is 0.475 e. The smallest absolute Gasteiger partial charge is 0.382 e. The monoisotopic (exact) mass is 964 g/mol. The minimum Gasteiger partial charge on any atom is -0.382 e. The molecule has 3 aliphatic rings. The normalized spacial score (nSPS) is 28.1. The third kappa shape index (κ3) is 10.2. The van der Waals surface area contributed by atoms with Gasteiger partial charge in [0.25, 0.3) is 0 Å². The van der Waals surface area contributed by atoms with Crippen molar-refractivity contribution in [3.63, 3.8) is 0 Å². The van der Waals surface area contributed by atoms with E-state index < -0.39 is 52.5 Å². The highest BCUT2D eigenvalue weighted by Gasteiger charge is 2.49. The lowest BCUT2D eigenvalue weighted by atomic mass is 10.2. The van der Waals surface area contributed by atoms with Crippen LogP contribution >= 0.6 is 58.8 Å². The first-order chi connectivity index (χ1) is 30.2. The molecule has 8 atom stereocenters. The minimum absolute atomic E-state index is 0.0157. The highest BCUT2D eigenvalue weighted by molar-refractivity contribution is 8.77. The van der Waals surface area contributed by atoms with Gasteiger partial charge in [-0.2, -0.15) is 0 Å². The lowest BCUT2D eigenvalue weighted by Crippen LogP contribution is -2.33. The Bertz CT molecular complexity index is 2380. The van der Waals surface area contributed by atoms with Gasteiger partial charge >= 0.3 is 15.6 Å². The van der Waals surface area contributed by atoms with E-state index in [0.717, 1.165) is 10.1 Å². The zero-order chi connectivity index (χ0) is 42.5. The first-order valence-corrected chi connectivity index (χ1v) is 26.5. The van der Waals surface area contributed by atoms with Gasteiger partial charge in [0.2, 0.25) is 0 Å². The summed E-state index contributed by atoms with van der Waals surface area (Å²) in [6.45, 7) is -0.784. The lowest BCUT2D eigenvalue weighted by molar-refractivity contribution is -0.0699. The number of imidazole rings is 2. The fourth-order valence-electron chi connectivity index (χ4n) is 6.65. The molecule has 28 heteroatoms. The summed E-state index contributed by atoms with van der Waals surface area (Å²) in [4.78, 5) is 34.1. The second-order valence-electron chi connectivity index (χ2n) is 13.5. The van der Waals surface area contributed by atoms with Crippen molar-refractivity contribution in [1.29, 1.82) is 0 Å². The van der Waals surface area contributed by atoms with E-state index in [2.05, 4.69) is 39.9 Å². The number of hydrogen-bond donors (Lipinski definition) is 2. The molecule has 0 saturated carbocycles. The number of fused-ring (bicyclic) bond motifs is 4. The van der Waals surface area contributed by atoms with E-state index in [0.29, 0.717) is 33.8 Å². The zero-order valence-electron chi connectivity index (χ0n) is 32.3. The van der Waals surface area contributed by atoms with Crippen LogP contribution in [0.15, 0.2) is 84.2 Å². The van der Waals surface area contributed by atoms with Crippen LogP contribution in [0.2, 0.25) is 0 Å². The summed E-state index contributed by atoms with van der Waals surface area (Å²) >= 11 is 0. The Morgan fingerprint density at radius 2 is 1.10 bits per heavy atom. The fraction of sp³-hybridized carbons (Fsp3) is 0.412. The van der Waals surface area contributed by atoms with Crippen LogP contribution in [0, 0.1) is 0 Å². The summed E-state index contributed by atoms with van der Waals surface area (Å²) in [6, 6.07) is 11.2. The number of rotatable bonds is 14. The SMILES string of the molecule is Nc1ncnc2c1ncn2[C@H]1CC2OP(=O)(OCCSSc3ccccn3)OC[C@H]3O[C@@H](n4cnc5c(N)ncnc54)C[C@H]3OP(=O)(OCCSSc3ccccn3)OC[C@H]2O1. The summed E-state index contributed by atoms with van der Waals surface area (Å²) < 4.78 is 82.5. The lowest BCUT2D eigenvalue weighted by Gasteiger charge is -2.29. The summed E-state index contributed by atoms with van der Waals surface area (Å²) in [5.74, 6) is 1.18. The molecule has 9 heterocycles. The number of phosphoric ester groups is 2. The van der Waals surface area contributed by atoms with Gasteiger partial charge in [0.05, 0.1) is 39.1 Å². The van der Waals surface area contributed by atoms with Gasteiger partial charge in [0, 0.05) is 36.7 Å². The van der Waals surface area contributed by atoms with Crippen molar-refractivity contribution in [3.05, 3.63) is 74.1 Å². The maximum Gasteiger partial charge on any atom is 0.475 e. The van der Waals surface area contributed by atoms with Crippen LogP contribution in [-0.4, -0.2) is 111 Å². The average Bonchev–Trinajstić information content (AvgIpc) is 4.08. The quantitative estimate of drug-likeness (QED) is 0.0704. The van der Waals surface area contributed by atoms with Gasteiger partial charge in [-0.25, -0.2) is 49.0 Å². The first-order valence-electron chi connectivity index (χ1n) is 19.0. The number of anilines is 2. The average molecular weight is 965 g/mol. The van der Waals surface area contributed by atoms with Gasteiger partial charge in [-0.05, 0) is 45.9 Å². The van der Waals surface area contributed by atoms with Crippen LogP contribution in [0.3, 0.4) is 0 Å². The standard InChI is InChI=1S/C34H38N12O10P2S4/c35-31-29-33(41-17-39-31)45(19-43-29)27-13-21-24(54-27)16-52-58(48,50-10-12-60-62-26-6-2-4-8-38-26)56-22-14-28(46-20-44-30-32(36)40-18-42-34(30)46)53-23(22)15-51-57(47,55-21)49-9-11-59-61-25-5-1-3-7-37-25/h1-8,17-24,27-28H,9-16H2,(H2,35,39,41)(H2,36,40,42)/t21-,22?,23-,24-,27-,28-,57?,58?/m1/s1. The minimum atomic E-state index is -4.41. The molecule has 328 valence electrons. The van der Waals surface area contributed by atoms with Crippen molar-refractivity contribution in [3.8, 4) is 0 Å². The highest BCUT2D eigenvalue weighted by Crippen LogP contribution is 2.58. The van der Waals surface area contributed by atoms with E-state index >= 15 is 0 Å². The summed E-state index contributed by atoms with van der Waals surface area (Å²) in [5.41, 5.74) is 13.7. The molecule has 0 spiro atoms. The van der Waals surface area contributed by atoms with Crippen LogP contribution in [-0.2, 0) is 45.7 Å². The van der Waals surface area contributed by atoms with Gasteiger partial charge < -0.3 is 20.9 Å². The molecular weight excluding hydrogens is 927 g/mol. The van der Waals surface area contributed by atoms with Gasteiger partial charge in [-0.1, -0.05) is 33.7 Å². The maximum absolute atomic E-state index is 14.8. The van der Waals surface area contributed by atoms with Crippen LogP contribution in [0.1, 0.15) is 25.3 Å². The molecule has 3 fully saturated rings. The molecule has 9 rings (SSSR count). The number of hydrogen-bond acceptors (Lipinski definition) is 24. The van der Waals surface area contributed by atoms with Gasteiger partial charge in [0.1, 0.15) is 70.6 Å². The molecule has 0 aliphatic carbocycles. The highest BCUT2D eigenvalue weighted by atomic mass is 33.1. The third-order valence-electron chi connectivity index (χ3n) is 9.47. The van der Waals surface area contributed by atoms with Crippen molar-refractivity contribution in [2.24, 2.45) is 0 Å². The van der Waals surface area contributed by atoms with Crippen LogP contribution < -0.4 is 11.5 Å². The number of nitrogen functional groups attached to an aromatic ring is 2. The second-order valence-corrected chi connectivity index (χ2v) is 21.6. The number of pyridine rings is 2. The number of ether oxygens (including phenoxy) is 2. The molecule has 3 saturated heterocycles. The zero-order valence-corrected chi connectivity index (χ0v) is 37.3. The number of phosphoric acid groups is 2. The van der Waals surface area contributed by atoms with Gasteiger partial charge in [-0.15, -0.1) is 0 Å². The van der Waals surface area contributed by atoms with Crippen molar-refractivity contribution in [2.45, 2.75) is 59.8 Å². The van der Waals surface area contributed by atoms with E-state index in [-0.39, 0.29) is 50.9 Å². The van der Waals surface area contributed by atoms with Gasteiger partial charge in [0.15, 0.2) is 22.9 Å². The van der Waals surface area contributed by atoms with E-state index in [1.165, 1.54) is 68.5 Å². The molecule has 0 aromatic carbocycles. The number of aromatic nitrogens is 10. The molecule has 0 radical (unpaired) electrons. The molecule has 6 aromatic rings. The Balaban J connectivity index is 0.976.